The molecule has 1 saturated carbocycles. The van der Waals surface area contributed by atoms with Crippen molar-refractivity contribution < 1.29 is 9.13 Å². The minimum absolute atomic E-state index is 0.228. The van der Waals surface area contributed by atoms with Crippen LogP contribution in [-0.4, -0.2) is 47.0 Å². The van der Waals surface area contributed by atoms with Gasteiger partial charge in [-0.15, -0.1) is 0 Å². The lowest BCUT2D eigenvalue weighted by atomic mass is 9.68. The van der Waals surface area contributed by atoms with E-state index in [1.807, 2.05) is 18.5 Å². The number of rotatable bonds is 4. The van der Waals surface area contributed by atoms with E-state index < -0.39 is 6.67 Å². The highest BCUT2D eigenvalue weighted by Gasteiger charge is 2.47. The van der Waals surface area contributed by atoms with Crippen LogP contribution >= 0.6 is 0 Å². The van der Waals surface area contributed by atoms with Crippen LogP contribution in [0.5, 0.6) is 0 Å². The zero-order valence-electron chi connectivity index (χ0n) is 14.2. The molecule has 0 spiro atoms. The summed E-state index contributed by atoms with van der Waals surface area (Å²) >= 11 is 0. The van der Waals surface area contributed by atoms with Crippen LogP contribution < -0.4 is 4.90 Å². The Labute approximate surface area is 145 Å². The van der Waals surface area contributed by atoms with Gasteiger partial charge in [0.05, 0.1) is 18.2 Å². The molecule has 3 fully saturated rings. The van der Waals surface area contributed by atoms with Gasteiger partial charge in [-0.25, -0.2) is 9.37 Å². The molecule has 5 nitrogen and oxygen atoms in total. The number of piperidine rings is 2. The predicted octanol–water partition coefficient (Wildman–Crippen LogP) is 2.93. The first-order valence-electron chi connectivity index (χ1n) is 8.88. The van der Waals surface area contributed by atoms with Crippen LogP contribution in [-0.2, 0) is 11.8 Å². The third-order valence-electron chi connectivity index (χ3n) is 5.78. The summed E-state index contributed by atoms with van der Waals surface area (Å²) in [5.41, 5.74) is 2.14. The van der Waals surface area contributed by atoms with Gasteiger partial charge in [-0.2, -0.15) is 0 Å². The maximum Gasteiger partial charge on any atom is 0.143 e. The van der Waals surface area contributed by atoms with Crippen LogP contribution in [0.2, 0.25) is 0 Å². The van der Waals surface area contributed by atoms with Gasteiger partial charge in [-0.3, -0.25) is 4.98 Å². The van der Waals surface area contributed by atoms with Crippen molar-refractivity contribution in [2.75, 3.05) is 31.3 Å². The van der Waals surface area contributed by atoms with Gasteiger partial charge in [0.25, 0.3) is 0 Å². The van der Waals surface area contributed by atoms with Crippen molar-refractivity contribution in [2.45, 2.75) is 12.5 Å². The van der Waals surface area contributed by atoms with Crippen LogP contribution in [0.25, 0.3) is 21.9 Å². The summed E-state index contributed by atoms with van der Waals surface area (Å²) in [6, 6.07) is 6.29. The standard InChI is InChI=1S/C19H21FN4O/c1-23-16-4-6-21-9-15(16)14-2-3-17(22-19(14)23)24-10-12-8-13(11-24)18(12)25-7-5-20/h2-4,6,9,12-13,18H,5,7-8,10-11H2,1H3. The van der Waals surface area contributed by atoms with Crippen molar-refractivity contribution in [3.05, 3.63) is 30.6 Å². The SMILES string of the molecule is Cn1c2ccncc2c2ccc(N3CC4CC(C3)C4OCCF)nc21. The minimum Gasteiger partial charge on any atom is -0.375 e. The third kappa shape index (κ3) is 2.24. The van der Waals surface area contributed by atoms with E-state index in [1.165, 1.54) is 6.42 Å². The van der Waals surface area contributed by atoms with Gasteiger partial charge in [0.2, 0.25) is 0 Å². The quantitative estimate of drug-likeness (QED) is 0.732. The second kappa shape index (κ2) is 5.66. The number of ether oxygens (including phenoxy) is 1. The summed E-state index contributed by atoms with van der Waals surface area (Å²) in [5, 5.41) is 2.28. The van der Waals surface area contributed by atoms with Crippen molar-refractivity contribution in [2.24, 2.45) is 18.9 Å². The van der Waals surface area contributed by atoms with Gasteiger partial charge in [0, 0.05) is 55.1 Å². The van der Waals surface area contributed by atoms with Crippen molar-refractivity contribution in [3.63, 3.8) is 0 Å². The molecular formula is C19H21FN4O. The Morgan fingerprint density at radius 1 is 1.20 bits per heavy atom. The molecule has 0 aromatic carbocycles. The maximum absolute atomic E-state index is 12.4. The molecule has 2 saturated heterocycles. The molecule has 3 aromatic heterocycles. The number of aromatic nitrogens is 3. The van der Waals surface area contributed by atoms with Crippen molar-refractivity contribution >= 4 is 27.8 Å². The molecule has 0 amide bonds. The number of aryl methyl sites for hydroxylation is 1. The Bertz CT molecular complexity index is 928. The molecule has 130 valence electrons. The van der Waals surface area contributed by atoms with E-state index in [9.17, 15) is 4.39 Å². The van der Waals surface area contributed by atoms with Gasteiger partial charge >= 0.3 is 0 Å². The first-order valence-corrected chi connectivity index (χ1v) is 8.88. The van der Waals surface area contributed by atoms with E-state index in [4.69, 9.17) is 9.72 Å². The zero-order chi connectivity index (χ0) is 17.0. The van der Waals surface area contributed by atoms with Gasteiger partial charge in [0.15, 0.2) is 0 Å². The summed E-state index contributed by atoms with van der Waals surface area (Å²) < 4.78 is 20.2. The first kappa shape index (κ1) is 15.1. The molecule has 3 aliphatic rings. The molecule has 2 bridgehead atoms. The smallest absolute Gasteiger partial charge is 0.143 e. The lowest BCUT2D eigenvalue weighted by Crippen LogP contribution is -2.59. The monoisotopic (exact) mass is 340 g/mol. The Hall–Kier alpha value is -2.21. The molecule has 0 radical (unpaired) electrons. The number of anilines is 1. The first-order chi connectivity index (χ1) is 12.3. The fourth-order valence-corrected chi connectivity index (χ4v) is 4.57. The maximum atomic E-state index is 12.4. The molecule has 2 aliphatic heterocycles. The highest BCUT2D eigenvalue weighted by atomic mass is 19.1. The topological polar surface area (TPSA) is 43.2 Å². The zero-order valence-corrected chi connectivity index (χ0v) is 14.2. The number of hydrogen-bond donors (Lipinski definition) is 0. The number of pyridine rings is 2. The lowest BCUT2D eigenvalue weighted by Gasteiger charge is -2.53. The van der Waals surface area contributed by atoms with E-state index in [0.717, 1.165) is 40.8 Å². The van der Waals surface area contributed by atoms with Gasteiger partial charge in [0.1, 0.15) is 18.1 Å². The summed E-state index contributed by atoms with van der Waals surface area (Å²) in [7, 11) is 2.05. The fraction of sp³-hybridized carbons (Fsp3) is 0.474. The highest BCUT2D eigenvalue weighted by Crippen LogP contribution is 2.43. The largest absolute Gasteiger partial charge is 0.375 e. The van der Waals surface area contributed by atoms with Gasteiger partial charge in [-0.1, -0.05) is 0 Å². The fourth-order valence-electron chi connectivity index (χ4n) is 4.57. The second-order valence-corrected chi connectivity index (χ2v) is 7.18. The van der Waals surface area contributed by atoms with Crippen LogP contribution in [0, 0.1) is 11.8 Å². The molecular weight excluding hydrogens is 319 g/mol. The van der Waals surface area contributed by atoms with Crippen LogP contribution in [0.15, 0.2) is 30.6 Å². The van der Waals surface area contributed by atoms with Gasteiger partial charge < -0.3 is 14.2 Å². The summed E-state index contributed by atoms with van der Waals surface area (Å²) in [5.74, 6) is 2.02. The predicted molar refractivity (Wildman–Crippen MR) is 95.5 cm³/mol. The van der Waals surface area contributed by atoms with Crippen molar-refractivity contribution in [1.82, 2.24) is 14.5 Å². The van der Waals surface area contributed by atoms with Gasteiger partial charge in [-0.05, 0) is 24.6 Å². The van der Waals surface area contributed by atoms with Crippen LogP contribution in [0.4, 0.5) is 10.2 Å². The van der Waals surface area contributed by atoms with E-state index in [1.54, 1.807) is 0 Å². The highest BCUT2D eigenvalue weighted by molar-refractivity contribution is 6.06. The second-order valence-electron chi connectivity index (χ2n) is 7.18. The molecule has 1 aliphatic carbocycles. The molecule has 25 heavy (non-hydrogen) atoms. The Kier molecular flexibility index (Phi) is 3.41. The number of alkyl halides is 1. The Morgan fingerprint density at radius 2 is 2.04 bits per heavy atom. The van der Waals surface area contributed by atoms with Crippen LogP contribution in [0.1, 0.15) is 6.42 Å². The Balaban J connectivity index is 1.45. The van der Waals surface area contributed by atoms with E-state index in [2.05, 4.69) is 33.6 Å². The summed E-state index contributed by atoms with van der Waals surface area (Å²) in [6.07, 6.45) is 5.15. The average molecular weight is 340 g/mol. The molecule has 3 aromatic rings. The van der Waals surface area contributed by atoms with Crippen molar-refractivity contribution in [1.29, 1.82) is 0 Å². The van der Waals surface area contributed by atoms with E-state index in [-0.39, 0.29) is 12.7 Å². The Morgan fingerprint density at radius 3 is 2.84 bits per heavy atom. The number of halogens is 1. The molecule has 2 unspecified atom stereocenters. The lowest BCUT2D eigenvalue weighted by molar-refractivity contribution is -0.106. The van der Waals surface area contributed by atoms with E-state index in [0.29, 0.717) is 11.8 Å². The third-order valence-corrected chi connectivity index (χ3v) is 5.78. The molecule has 6 heteroatoms. The van der Waals surface area contributed by atoms with E-state index >= 15 is 0 Å². The van der Waals surface area contributed by atoms with Crippen LogP contribution in [0.3, 0.4) is 0 Å². The molecule has 0 N–H and O–H groups in total. The number of hydrogen-bond acceptors (Lipinski definition) is 4. The average Bonchev–Trinajstić information content (AvgIpc) is 2.94. The number of fused-ring (bicyclic) bond motifs is 5. The molecule has 6 rings (SSSR count). The molecule has 2 atom stereocenters. The molecule has 5 heterocycles. The summed E-state index contributed by atoms with van der Waals surface area (Å²) in [4.78, 5) is 11.5. The minimum atomic E-state index is -0.395. The normalized spacial score (nSPS) is 25.5. The van der Waals surface area contributed by atoms with Crippen molar-refractivity contribution in [3.8, 4) is 0 Å². The number of nitrogens with zero attached hydrogens (tertiary/aromatic N) is 4. The summed E-state index contributed by atoms with van der Waals surface area (Å²) in [6.45, 7) is 1.72.